The molecule has 0 saturated heterocycles. The van der Waals surface area contributed by atoms with Crippen LogP contribution in [0.15, 0.2) is 42.5 Å². The van der Waals surface area contributed by atoms with Crippen LogP contribution in [0.3, 0.4) is 0 Å². The highest BCUT2D eigenvalue weighted by molar-refractivity contribution is 5.36. The molecule has 1 fully saturated rings. The van der Waals surface area contributed by atoms with Crippen molar-refractivity contribution in [1.82, 2.24) is 0 Å². The smallest absolute Gasteiger partial charge is 0.0830 e. The molecule has 2 aliphatic rings. The topological polar surface area (TPSA) is 20.2 Å². The Labute approximate surface area is 126 Å². The van der Waals surface area contributed by atoms with Crippen molar-refractivity contribution in [3.05, 3.63) is 70.3 Å². The van der Waals surface area contributed by atoms with Crippen LogP contribution < -0.4 is 0 Å². The molecule has 0 radical (unpaired) electrons. The Morgan fingerprint density at radius 3 is 2.48 bits per heavy atom. The fraction of sp³-hybridized carbons (Fsp3) is 0.400. The van der Waals surface area contributed by atoms with Crippen LogP contribution in [0.2, 0.25) is 0 Å². The van der Waals surface area contributed by atoms with Gasteiger partial charge in [0.05, 0.1) is 6.10 Å². The fourth-order valence-electron chi connectivity index (χ4n) is 3.50. The van der Waals surface area contributed by atoms with Gasteiger partial charge in [-0.1, -0.05) is 42.5 Å². The molecule has 0 heterocycles. The number of fused-ring (bicyclic) bond motifs is 1. The number of hydrogen-bond donors (Lipinski definition) is 1. The van der Waals surface area contributed by atoms with E-state index in [0.717, 1.165) is 17.9 Å². The van der Waals surface area contributed by atoms with E-state index in [4.69, 9.17) is 0 Å². The molecule has 1 atom stereocenters. The SMILES string of the molecule is OC(Cc1ccc2c(c1)CCC2)c1ccc(C2CC2)cc1. The number of hydrogen-bond acceptors (Lipinski definition) is 1. The Hall–Kier alpha value is -1.60. The first-order chi connectivity index (χ1) is 10.3. The van der Waals surface area contributed by atoms with Crippen LogP contribution in [0.25, 0.3) is 0 Å². The van der Waals surface area contributed by atoms with Crippen molar-refractivity contribution in [3.63, 3.8) is 0 Å². The Bertz CT molecular complexity index is 637. The average molecular weight is 278 g/mol. The number of aliphatic hydroxyl groups is 1. The quantitative estimate of drug-likeness (QED) is 0.882. The van der Waals surface area contributed by atoms with Crippen LogP contribution in [-0.2, 0) is 19.3 Å². The predicted octanol–water partition coefficient (Wildman–Crippen LogP) is 4.33. The molecule has 0 aliphatic heterocycles. The molecule has 1 N–H and O–H groups in total. The van der Waals surface area contributed by atoms with Crippen molar-refractivity contribution in [1.29, 1.82) is 0 Å². The van der Waals surface area contributed by atoms with Gasteiger partial charge in [0.2, 0.25) is 0 Å². The van der Waals surface area contributed by atoms with Gasteiger partial charge in [-0.25, -0.2) is 0 Å². The lowest BCUT2D eigenvalue weighted by Crippen LogP contribution is -2.02. The van der Waals surface area contributed by atoms with Crippen LogP contribution in [0.1, 0.15) is 59.1 Å². The lowest BCUT2D eigenvalue weighted by Gasteiger charge is -2.13. The minimum atomic E-state index is -0.391. The molecule has 2 aliphatic carbocycles. The predicted molar refractivity (Wildman–Crippen MR) is 85.5 cm³/mol. The summed E-state index contributed by atoms with van der Waals surface area (Å²) in [6.45, 7) is 0. The van der Waals surface area contributed by atoms with E-state index in [9.17, 15) is 5.11 Å². The molecule has 2 aromatic carbocycles. The summed E-state index contributed by atoms with van der Waals surface area (Å²) >= 11 is 0. The van der Waals surface area contributed by atoms with E-state index < -0.39 is 6.10 Å². The van der Waals surface area contributed by atoms with Gasteiger partial charge in [-0.05, 0) is 65.8 Å². The Morgan fingerprint density at radius 1 is 0.952 bits per heavy atom. The van der Waals surface area contributed by atoms with Crippen molar-refractivity contribution >= 4 is 0 Å². The summed E-state index contributed by atoms with van der Waals surface area (Å²) in [4.78, 5) is 0. The molecule has 21 heavy (non-hydrogen) atoms. The molecular formula is C20H22O. The largest absolute Gasteiger partial charge is 0.388 e. The molecule has 108 valence electrons. The summed E-state index contributed by atoms with van der Waals surface area (Å²) in [5, 5.41) is 10.5. The highest BCUT2D eigenvalue weighted by atomic mass is 16.3. The molecular weight excluding hydrogens is 256 g/mol. The molecule has 1 nitrogen and oxygen atoms in total. The molecule has 0 spiro atoms. The zero-order valence-electron chi connectivity index (χ0n) is 12.4. The first kappa shape index (κ1) is 13.1. The lowest BCUT2D eigenvalue weighted by atomic mass is 9.97. The fourth-order valence-corrected chi connectivity index (χ4v) is 3.50. The van der Waals surface area contributed by atoms with Crippen LogP contribution >= 0.6 is 0 Å². The summed E-state index contributed by atoms with van der Waals surface area (Å²) in [6.07, 6.45) is 6.70. The van der Waals surface area contributed by atoms with Gasteiger partial charge in [0.1, 0.15) is 0 Å². The van der Waals surface area contributed by atoms with Gasteiger partial charge in [-0.2, -0.15) is 0 Å². The van der Waals surface area contributed by atoms with Crippen LogP contribution in [0, 0.1) is 0 Å². The number of aliphatic hydroxyl groups excluding tert-OH is 1. The second-order valence-corrected chi connectivity index (χ2v) is 6.62. The van der Waals surface area contributed by atoms with Gasteiger partial charge in [-0.3, -0.25) is 0 Å². The third-order valence-corrected chi connectivity index (χ3v) is 4.96. The Balaban J connectivity index is 1.48. The standard InChI is InChI=1S/C20H22O/c21-20(18-10-8-17(9-11-18)16-6-7-16)13-14-4-5-15-2-1-3-19(15)12-14/h4-5,8-12,16,20-21H,1-3,6-7,13H2. The van der Waals surface area contributed by atoms with Crippen molar-refractivity contribution in [2.24, 2.45) is 0 Å². The second kappa shape index (κ2) is 5.31. The van der Waals surface area contributed by atoms with E-state index in [-0.39, 0.29) is 0 Å². The zero-order chi connectivity index (χ0) is 14.2. The lowest BCUT2D eigenvalue weighted by molar-refractivity contribution is 0.178. The van der Waals surface area contributed by atoms with Gasteiger partial charge >= 0.3 is 0 Å². The average Bonchev–Trinajstić information content (AvgIpc) is 3.26. The summed E-state index contributed by atoms with van der Waals surface area (Å²) in [7, 11) is 0. The summed E-state index contributed by atoms with van der Waals surface area (Å²) in [6, 6.07) is 15.3. The normalized spacial score (nSPS) is 18.5. The van der Waals surface area contributed by atoms with Gasteiger partial charge in [-0.15, -0.1) is 0 Å². The second-order valence-electron chi connectivity index (χ2n) is 6.62. The van der Waals surface area contributed by atoms with Gasteiger partial charge in [0, 0.05) is 6.42 Å². The molecule has 0 bridgehead atoms. The third-order valence-electron chi connectivity index (χ3n) is 4.96. The van der Waals surface area contributed by atoms with Crippen molar-refractivity contribution in [3.8, 4) is 0 Å². The van der Waals surface area contributed by atoms with E-state index in [0.29, 0.717) is 0 Å². The Kier molecular flexibility index (Phi) is 3.31. The van der Waals surface area contributed by atoms with E-state index in [1.165, 1.54) is 54.4 Å². The number of aryl methyl sites for hydroxylation is 2. The highest BCUT2D eigenvalue weighted by Gasteiger charge is 2.23. The molecule has 2 aromatic rings. The third kappa shape index (κ3) is 2.75. The maximum atomic E-state index is 10.5. The molecule has 1 unspecified atom stereocenters. The van der Waals surface area contributed by atoms with Gasteiger partial charge in [0.25, 0.3) is 0 Å². The molecule has 4 rings (SSSR count). The monoisotopic (exact) mass is 278 g/mol. The zero-order valence-corrected chi connectivity index (χ0v) is 12.4. The molecule has 1 heteroatoms. The van der Waals surface area contributed by atoms with E-state index in [1.807, 2.05) is 0 Å². The van der Waals surface area contributed by atoms with E-state index in [1.54, 1.807) is 0 Å². The van der Waals surface area contributed by atoms with Crippen molar-refractivity contribution in [2.75, 3.05) is 0 Å². The van der Waals surface area contributed by atoms with Crippen molar-refractivity contribution < 1.29 is 5.11 Å². The highest BCUT2D eigenvalue weighted by Crippen LogP contribution is 2.40. The molecule has 0 aromatic heterocycles. The van der Waals surface area contributed by atoms with Crippen molar-refractivity contribution in [2.45, 2.75) is 50.5 Å². The summed E-state index contributed by atoms with van der Waals surface area (Å²) in [5.74, 6) is 0.785. The number of rotatable bonds is 4. The van der Waals surface area contributed by atoms with Gasteiger partial charge < -0.3 is 5.11 Å². The number of benzene rings is 2. The maximum absolute atomic E-state index is 10.5. The minimum absolute atomic E-state index is 0.391. The van der Waals surface area contributed by atoms with Crippen LogP contribution in [0.4, 0.5) is 0 Å². The Morgan fingerprint density at radius 2 is 1.71 bits per heavy atom. The molecule has 1 saturated carbocycles. The van der Waals surface area contributed by atoms with Crippen LogP contribution in [0.5, 0.6) is 0 Å². The van der Waals surface area contributed by atoms with E-state index >= 15 is 0 Å². The summed E-state index contributed by atoms with van der Waals surface area (Å²) in [5.41, 5.74) is 6.73. The summed E-state index contributed by atoms with van der Waals surface area (Å²) < 4.78 is 0. The van der Waals surface area contributed by atoms with Crippen LogP contribution in [-0.4, -0.2) is 5.11 Å². The minimum Gasteiger partial charge on any atom is -0.388 e. The maximum Gasteiger partial charge on any atom is 0.0830 e. The first-order valence-corrected chi connectivity index (χ1v) is 8.18. The first-order valence-electron chi connectivity index (χ1n) is 8.18. The van der Waals surface area contributed by atoms with E-state index in [2.05, 4.69) is 42.5 Å². The van der Waals surface area contributed by atoms with Gasteiger partial charge in [0.15, 0.2) is 0 Å². The molecule has 0 amide bonds.